The van der Waals surface area contributed by atoms with Crippen molar-refractivity contribution >= 4 is 5.97 Å². The van der Waals surface area contributed by atoms with E-state index in [4.69, 9.17) is 9.47 Å². The summed E-state index contributed by atoms with van der Waals surface area (Å²) in [5, 5.41) is 0. The van der Waals surface area contributed by atoms with Crippen molar-refractivity contribution in [1.82, 2.24) is 4.57 Å². The molecule has 1 aromatic heterocycles. The van der Waals surface area contributed by atoms with E-state index in [9.17, 15) is 4.79 Å². The molecule has 37 heavy (non-hydrogen) atoms. The molecule has 0 spiro atoms. The Balaban J connectivity index is 1.51. The monoisotopic (exact) mass is 495 g/mol. The highest BCUT2D eigenvalue weighted by Crippen LogP contribution is 2.29. The van der Waals surface area contributed by atoms with Crippen molar-refractivity contribution in [1.29, 1.82) is 0 Å². The van der Waals surface area contributed by atoms with Crippen LogP contribution < -0.4 is 4.74 Å². The Morgan fingerprint density at radius 3 is 2.22 bits per heavy atom. The van der Waals surface area contributed by atoms with Crippen molar-refractivity contribution in [3.05, 3.63) is 108 Å². The first kappa shape index (κ1) is 26.3. The van der Waals surface area contributed by atoms with Gasteiger partial charge in [0.05, 0.1) is 12.3 Å². The normalized spacial score (nSPS) is 11.8. The van der Waals surface area contributed by atoms with Gasteiger partial charge in [-0.3, -0.25) is 0 Å². The van der Waals surface area contributed by atoms with Crippen LogP contribution in [0.15, 0.2) is 91.0 Å². The lowest BCUT2D eigenvalue weighted by atomic mass is 10.1. The van der Waals surface area contributed by atoms with Gasteiger partial charge >= 0.3 is 5.97 Å². The topological polar surface area (TPSA) is 40.5 Å². The maximum absolute atomic E-state index is 12.6. The summed E-state index contributed by atoms with van der Waals surface area (Å²) >= 11 is 0. The molecule has 1 heterocycles. The average Bonchev–Trinajstić information content (AvgIpc) is 3.31. The van der Waals surface area contributed by atoms with Crippen LogP contribution in [0.5, 0.6) is 5.75 Å². The maximum Gasteiger partial charge on any atom is 0.347 e. The lowest BCUT2D eigenvalue weighted by Gasteiger charge is -2.18. The number of unbranched alkanes of at least 4 members (excludes halogenated alkanes) is 2. The summed E-state index contributed by atoms with van der Waals surface area (Å²) in [6, 6.07) is 31.0. The Hall–Kier alpha value is -3.79. The lowest BCUT2D eigenvalue weighted by Crippen LogP contribution is -2.31. The second-order valence-corrected chi connectivity index (χ2v) is 9.39. The van der Waals surface area contributed by atoms with E-state index >= 15 is 0 Å². The van der Waals surface area contributed by atoms with Crippen LogP contribution in [0.3, 0.4) is 0 Å². The van der Waals surface area contributed by atoms with Crippen molar-refractivity contribution in [3.8, 4) is 22.7 Å². The van der Waals surface area contributed by atoms with Crippen molar-refractivity contribution in [2.75, 3.05) is 6.61 Å². The van der Waals surface area contributed by atoms with Crippen LogP contribution in [0.1, 0.15) is 49.9 Å². The summed E-state index contributed by atoms with van der Waals surface area (Å²) < 4.78 is 13.7. The molecular weight excluding hydrogens is 458 g/mol. The zero-order valence-corrected chi connectivity index (χ0v) is 22.2. The number of carbonyl (C=O) groups is 1. The zero-order valence-electron chi connectivity index (χ0n) is 22.2. The van der Waals surface area contributed by atoms with Gasteiger partial charge in [0, 0.05) is 17.8 Å². The zero-order chi connectivity index (χ0) is 26.0. The second-order valence-electron chi connectivity index (χ2n) is 9.39. The van der Waals surface area contributed by atoms with Crippen molar-refractivity contribution in [2.45, 2.75) is 59.0 Å². The first-order valence-electron chi connectivity index (χ1n) is 13.3. The third kappa shape index (κ3) is 6.91. The van der Waals surface area contributed by atoms with E-state index in [1.165, 1.54) is 30.5 Å². The predicted molar refractivity (Wildman–Crippen MR) is 150 cm³/mol. The van der Waals surface area contributed by atoms with Gasteiger partial charge in [0.25, 0.3) is 0 Å². The van der Waals surface area contributed by atoms with Crippen LogP contribution in [-0.4, -0.2) is 23.2 Å². The molecule has 0 aliphatic heterocycles. The molecule has 0 saturated heterocycles. The molecule has 192 valence electrons. The molecule has 0 fully saturated rings. The fraction of sp³-hybridized carbons (Fsp3) is 0.303. The highest BCUT2D eigenvalue weighted by molar-refractivity contribution is 5.75. The number of benzene rings is 3. The molecule has 1 atom stereocenters. The van der Waals surface area contributed by atoms with Gasteiger partial charge < -0.3 is 14.0 Å². The van der Waals surface area contributed by atoms with Crippen LogP contribution in [-0.2, 0) is 22.4 Å². The Labute approximate surface area is 220 Å². The third-order valence-electron chi connectivity index (χ3n) is 6.58. The van der Waals surface area contributed by atoms with E-state index in [0.717, 1.165) is 28.9 Å². The molecule has 0 saturated carbocycles. The maximum atomic E-state index is 12.6. The first-order chi connectivity index (χ1) is 18.1. The van der Waals surface area contributed by atoms with Gasteiger partial charge in [0.1, 0.15) is 5.75 Å². The molecule has 4 nitrogen and oxygen atoms in total. The van der Waals surface area contributed by atoms with Crippen LogP contribution in [0.4, 0.5) is 0 Å². The Morgan fingerprint density at radius 1 is 0.811 bits per heavy atom. The number of nitrogens with zero attached hydrogens (tertiary/aromatic N) is 1. The van der Waals surface area contributed by atoms with Crippen molar-refractivity contribution < 1.29 is 14.3 Å². The van der Waals surface area contributed by atoms with Crippen molar-refractivity contribution in [3.63, 3.8) is 0 Å². The fourth-order valence-electron chi connectivity index (χ4n) is 4.60. The van der Waals surface area contributed by atoms with Gasteiger partial charge in [-0.05, 0) is 91.9 Å². The van der Waals surface area contributed by atoms with E-state index in [2.05, 4.69) is 54.8 Å². The predicted octanol–water partition coefficient (Wildman–Crippen LogP) is 7.74. The molecule has 4 rings (SSSR count). The lowest BCUT2D eigenvalue weighted by molar-refractivity contribution is -0.151. The minimum absolute atomic E-state index is 0.322. The average molecular weight is 496 g/mol. The van der Waals surface area contributed by atoms with Crippen molar-refractivity contribution in [2.24, 2.45) is 0 Å². The first-order valence-corrected chi connectivity index (χ1v) is 13.3. The number of ether oxygens (including phenoxy) is 2. The number of esters is 1. The van der Waals surface area contributed by atoms with Crippen LogP contribution in [0.2, 0.25) is 0 Å². The van der Waals surface area contributed by atoms with Gasteiger partial charge in [0.15, 0.2) is 6.10 Å². The smallest absolute Gasteiger partial charge is 0.347 e. The van der Waals surface area contributed by atoms with E-state index in [-0.39, 0.29) is 5.97 Å². The summed E-state index contributed by atoms with van der Waals surface area (Å²) in [6.07, 6.45) is 4.64. The molecule has 0 amide bonds. The minimum atomic E-state index is -0.699. The van der Waals surface area contributed by atoms with E-state index in [1.807, 2.05) is 61.5 Å². The molecule has 3 aromatic carbocycles. The SMILES string of the molecule is CCCCCc1ccc(-n2c(C)ccc2-c2ccc(O[C@H](Cc3ccccc3)C(=O)OCC)cc2)cc1. The largest absolute Gasteiger partial charge is 0.478 e. The van der Waals surface area contributed by atoms with E-state index < -0.39 is 6.10 Å². The van der Waals surface area contributed by atoms with Gasteiger partial charge in [-0.1, -0.05) is 62.2 Å². The summed E-state index contributed by atoms with van der Waals surface area (Å²) in [6.45, 7) is 6.50. The van der Waals surface area contributed by atoms with Gasteiger partial charge in [0.2, 0.25) is 0 Å². The number of aryl methyl sites for hydroxylation is 2. The molecule has 4 aromatic rings. The molecule has 0 bridgehead atoms. The molecule has 0 unspecified atom stereocenters. The summed E-state index contributed by atoms with van der Waals surface area (Å²) in [4.78, 5) is 12.6. The van der Waals surface area contributed by atoms with Gasteiger partial charge in [-0.25, -0.2) is 4.79 Å². The summed E-state index contributed by atoms with van der Waals surface area (Å²) in [5.41, 5.74) is 6.96. The Bertz CT molecular complexity index is 1260. The third-order valence-corrected chi connectivity index (χ3v) is 6.58. The highest BCUT2D eigenvalue weighted by Gasteiger charge is 2.22. The Morgan fingerprint density at radius 2 is 1.54 bits per heavy atom. The second kappa shape index (κ2) is 13.0. The van der Waals surface area contributed by atoms with E-state index in [0.29, 0.717) is 18.8 Å². The van der Waals surface area contributed by atoms with Gasteiger partial charge in [-0.15, -0.1) is 0 Å². The molecule has 0 aliphatic carbocycles. The molecule has 4 heteroatoms. The Kier molecular flexibility index (Phi) is 9.20. The number of rotatable bonds is 12. The number of hydrogen-bond acceptors (Lipinski definition) is 3. The van der Waals surface area contributed by atoms with E-state index in [1.54, 1.807) is 0 Å². The summed E-state index contributed by atoms with van der Waals surface area (Å²) in [5.74, 6) is 0.294. The molecule has 0 radical (unpaired) electrons. The van der Waals surface area contributed by atoms with Gasteiger partial charge in [-0.2, -0.15) is 0 Å². The number of hydrogen-bond donors (Lipinski definition) is 0. The standard InChI is InChI=1S/C33H37NO3/c1-4-6-8-11-26-15-19-29(20-16-26)34-25(3)14-23-31(34)28-17-21-30(22-18-28)37-32(33(35)36-5-2)24-27-12-9-7-10-13-27/h7,9-10,12-23,32H,4-6,8,11,24H2,1-3H3/t32-/m1/s1. The molecule has 0 N–H and O–H groups in total. The quantitative estimate of drug-likeness (QED) is 0.149. The van der Waals surface area contributed by atoms with Crippen LogP contribution >= 0.6 is 0 Å². The molecule has 0 aliphatic rings. The highest BCUT2D eigenvalue weighted by atomic mass is 16.6. The number of aromatic nitrogens is 1. The van der Waals surface area contributed by atoms with Crippen LogP contribution in [0.25, 0.3) is 16.9 Å². The number of carbonyl (C=O) groups excluding carboxylic acids is 1. The minimum Gasteiger partial charge on any atom is -0.478 e. The van der Waals surface area contributed by atoms with Crippen LogP contribution in [0, 0.1) is 6.92 Å². The fourth-order valence-corrected chi connectivity index (χ4v) is 4.60. The summed E-state index contributed by atoms with van der Waals surface area (Å²) in [7, 11) is 0. The molecular formula is C33H37NO3.